The fourth-order valence-electron chi connectivity index (χ4n) is 4.26. The van der Waals surface area contributed by atoms with Crippen LogP contribution in [-0.4, -0.2) is 25.2 Å². The molecule has 0 fully saturated rings. The Hall–Kier alpha value is -3.75. The topological polar surface area (TPSA) is 52.6 Å². The molecule has 0 aromatic heterocycles. The molecule has 0 unspecified atom stereocenters. The summed E-state index contributed by atoms with van der Waals surface area (Å²) in [5, 5.41) is 2.32. The maximum absolute atomic E-state index is 13.7. The minimum absolute atomic E-state index is 0.112. The molecule has 33 heavy (non-hydrogen) atoms. The second-order valence-corrected chi connectivity index (χ2v) is 12.2. The third kappa shape index (κ3) is 3.94. The molecule has 0 radical (unpaired) electrons. The van der Waals surface area contributed by atoms with E-state index in [0.29, 0.717) is 5.56 Å². The first-order valence-corrected chi connectivity index (χ1v) is 13.0. The number of carbonyl (C=O) groups excluding carboxylic acids is 2. The average molecular weight is 456 g/mol. The fraction of sp³-hybridized carbons (Fsp3) is 0.0714. The molecule has 5 heteroatoms. The molecule has 0 aliphatic rings. The molecule has 0 aliphatic heterocycles. The van der Waals surface area contributed by atoms with Crippen LogP contribution in [0.5, 0.6) is 0 Å². The third-order valence-corrected chi connectivity index (χ3v) is 11.5. The third-order valence-electron chi connectivity index (χ3n) is 5.86. The zero-order valence-corrected chi connectivity index (χ0v) is 19.2. The molecule has 0 aliphatic carbocycles. The molecule has 0 spiro atoms. The van der Waals surface area contributed by atoms with E-state index in [1.807, 2.05) is 97.1 Å². The fourth-order valence-corrected chi connectivity index (χ4v) is 9.59. The van der Waals surface area contributed by atoms with Gasteiger partial charge in [0.25, 0.3) is 0 Å². The Labute approximate surface area is 193 Å². The summed E-state index contributed by atoms with van der Waals surface area (Å²) in [6.07, 6.45) is -0.112. The van der Waals surface area contributed by atoms with Crippen molar-refractivity contribution in [3.63, 3.8) is 0 Å². The van der Waals surface area contributed by atoms with E-state index in [9.17, 15) is 9.59 Å². The summed E-state index contributed by atoms with van der Waals surface area (Å²) in [6.45, 7) is -4.15. The Morgan fingerprint density at radius 1 is 0.606 bits per heavy atom. The SMILES string of the molecule is COC(=O)CP(OC(=O)c1ccccc1)(c1ccccc1)(c1ccccc1)c1ccccc1. The number of carbonyl (C=O) groups is 2. The Balaban J connectivity index is 2.14. The molecule has 0 bridgehead atoms. The van der Waals surface area contributed by atoms with Crippen LogP contribution in [0.1, 0.15) is 10.4 Å². The molecule has 4 rings (SSSR count). The number of hydrogen-bond donors (Lipinski definition) is 0. The zero-order valence-electron chi connectivity index (χ0n) is 18.3. The van der Waals surface area contributed by atoms with Crippen LogP contribution in [-0.2, 0) is 14.1 Å². The molecule has 166 valence electrons. The maximum atomic E-state index is 13.7. The number of methoxy groups -OCH3 is 1. The summed E-state index contributed by atoms with van der Waals surface area (Å²) in [7, 11) is 1.36. The molecule has 4 aromatic carbocycles. The van der Waals surface area contributed by atoms with Gasteiger partial charge in [-0.2, -0.15) is 0 Å². The molecule has 0 saturated carbocycles. The van der Waals surface area contributed by atoms with Gasteiger partial charge < -0.3 is 0 Å². The summed E-state index contributed by atoms with van der Waals surface area (Å²) >= 11 is 0. The normalized spacial score (nSPS) is 12.2. The van der Waals surface area contributed by atoms with Crippen LogP contribution >= 0.6 is 6.83 Å². The monoisotopic (exact) mass is 456 g/mol. The van der Waals surface area contributed by atoms with Gasteiger partial charge in [-0.05, 0) is 0 Å². The van der Waals surface area contributed by atoms with Gasteiger partial charge in [0.15, 0.2) is 0 Å². The summed E-state index contributed by atoms with van der Waals surface area (Å²) in [4.78, 5) is 26.8. The second-order valence-electron chi connectivity index (χ2n) is 7.70. The van der Waals surface area contributed by atoms with Crippen LogP contribution in [0.25, 0.3) is 0 Å². The van der Waals surface area contributed by atoms with E-state index in [2.05, 4.69) is 0 Å². The average Bonchev–Trinajstić information content (AvgIpc) is 2.90. The Morgan fingerprint density at radius 2 is 0.970 bits per heavy atom. The minimum atomic E-state index is -4.15. The van der Waals surface area contributed by atoms with E-state index in [4.69, 9.17) is 9.26 Å². The van der Waals surface area contributed by atoms with Crippen LogP contribution in [0, 0.1) is 0 Å². The van der Waals surface area contributed by atoms with Crippen molar-refractivity contribution in [2.45, 2.75) is 0 Å². The van der Waals surface area contributed by atoms with E-state index in [-0.39, 0.29) is 6.16 Å². The Bertz CT molecular complexity index is 1130. The van der Waals surface area contributed by atoms with E-state index >= 15 is 0 Å². The molecule has 0 atom stereocenters. The van der Waals surface area contributed by atoms with Crippen molar-refractivity contribution < 1.29 is 18.8 Å². The van der Waals surface area contributed by atoms with Gasteiger partial charge in [0, 0.05) is 0 Å². The van der Waals surface area contributed by atoms with Gasteiger partial charge in [0.2, 0.25) is 0 Å². The van der Waals surface area contributed by atoms with Crippen molar-refractivity contribution in [1.29, 1.82) is 0 Å². The molecule has 4 nitrogen and oxygen atoms in total. The molecule has 0 amide bonds. The van der Waals surface area contributed by atoms with Crippen molar-refractivity contribution in [3.8, 4) is 0 Å². The van der Waals surface area contributed by atoms with Crippen LogP contribution < -0.4 is 15.9 Å². The Kier molecular flexibility index (Phi) is 6.39. The van der Waals surface area contributed by atoms with E-state index < -0.39 is 18.8 Å². The molecular formula is C28H25O4P. The van der Waals surface area contributed by atoms with Gasteiger partial charge >= 0.3 is 194 Å². The van der Waals surface area contributed by atoms with Gasteiger partial charge in [-0.1, -0.05) is 0 Å². The molecule has 4 aromatic rings. The van der Waals surface area contributed by atoms with Gasteiger partial charge in [-0.15, -0.1) is 0 Å². The van der Waals surface area contributed by atoms with Crippen molar-refractivity contribution in [2.75, 3.05) is 13.3 Å². The van der Waals surface area contributed by atoms with Crippen LogP contribution in [0.2, 0.25) is 0 Å². The van der Waals surface area contributed by atoms with Crippen LogP contribution in [0.4, 0.5) is 0 Å². The molecule has 0 heterocycles. The summed E-state index contributed by atoms with van der Waals surface area (Å²) in [5.74, 6) is -0.946. The summed E-state index contributed by atoms with van der Waals surface area (Å²) in [6, 6.07) is 37.5. The first-order valence-electron chi connectivity index (χ1n) is 10.6. The molecule has 0 N–H and O–H groups in total. The zero-order chi connectivity index (χ0) is 23.2. The number of benzene rings is 4. The van der Waals surface area contributed by atoms with Gasteiger partial charge in [0.1, 0.15) is 0 Å². The number of rotatable bonds is 7. The standard InChI is InChI=1S/C28H25O4P/c1-31-27(29)22-33(24-16-8-3-9-17-24,25-18-10-4-11-19-25,26-20-12-5-13-21-26)32-28(30)23-14-6-2-7-15-23/h2-21H,22H2,1H3. The van der Waals surface area contributed by atoms with Crippen LogP contribution in [0.15, 0.2) is 121 Å². The number of ether oxygens (including phenoxy) is 1. The second kappa shape index (κ2) is 9.40. The predicted octanol–water partition coefficient (Wildman–Crippen LogP) is 4.46. The van der Waals surface area contributed by atoms with Crippen molar-refractivity contribution in [2.24, 2.45) is 0 Å². The van der Waals surface area contributed by atoms with Crippen LogP contribution in [0.3, 0.4) is 0 Å². The van der Waals surface area contributed by atoms with Crippen molar-refractivity contribution in [3.05, 3.63) is 127 Å². The van der Waals surface area contributed by atoms with Gasteiger partial charge in [0.05, 0.1) is 0 Å². The van der Waals surface area contributed by atoms with E-state index in [1.165, 1.54) is 7.11 Å². The number of esters is 1. The van der Waals surface area contributed by atoms with Crippen molar-refractivity contribution in [1.82, 2.24) is 0 Å². The Morgan fingerprint density at radius 3 is 1.33 bits per heavy atom. The molecular weight excluding hydrogens is 431 g/mol. The summed E-state index contributed by atoms with van der Waals surface area (Å²) in [5.41, 5.74) is 0.416. The predicted molar refractivity (Wildman–Crippen MR) is 134 cm³/mol. The first kappa shape index (κ1) is 22.4. The van der Waals surface area contributed by atoms with E-state index in [0.717, 1.165) is 15.9 Å². The van der Waals surface area contributed by atoms with Crippen molar-refractivity contribution >= 4 is 34.7 Å². The first-order chi connectivity index (χ1) is 16.1. The summed E-state index contributed by atoms with van der Waals surface area (Å²) < 4.78 is 11.9. The van der Waals surface area contributed by atoms with E-state index in [1.54, 1.807) is 24.3 Å². The van der Waals surface area contributed by atoms with Gasteiger partial charge in [-0.3, -0.25) is 0 Å². The number of hydrogen-bond acceptors (Lipinski definition) is 4. The quantitative estimate of drug-likeness (QED) is 0.304. The molecule has 0 saturated heterocycles. The van der Waals surface area contributed by atoms with Gasteiger partial charge in [-0.25, -0.2) is 0 Å².